The van der Waals surface area contributed by atoms with Gasteiger partial charge in [0.25, 0.3) is 0 Å². The van der Waals surface area contributed by atoms with Crippen LogP contribution in [-0.2, 0) is 6.61 Å². The molecule has 90 valence electrons. The molecule has 2 rings (SSSR count). The van der Waals surface area contributed by atoms with E-state index >= 15 is 0 Å². The van der Waals surface area contributed by atoms with Crippen molar-refractivity contribution in [2.45, 2.75) is 6.61 Å². The molecule has 0 aliphatic rings. The summed E-state index contributed by atoms with van der Waals surface area (Å²) in [5.41, 5.74) is 2.46. The molecule has 0 aliphatic carbocycles. The summed E-state index contributed by atoms with van der Waals surface area (Å²) < 4.78 is 0. The van der Waals surface area contributed by atoms with E-state index in [0.29, 0.717) is 26.7 Å². The molecule has 0 amide bonds. The van der Waals surface area contributed by atoms with Gasteiger partial charge in [0.2, 0.25) is 0 Å². The van der Waals surface area contributed by atoms with Crippen LogP contribution >= 0.6 is 23.2 Å². The first-order chi connectivity index (χ1) is 8.67. The van der Waals surface area contributed by atoms with Gasteiger partial charge < -0.3 is 5.11 Å². The van der Waals surface area contributed by atoms with Crippen LogP contribution in [0.5, 0.6) is 0 Å². The molecule has 0 saturated carbocycles. The van der Waals surface area contributed by atoms with Crippen molar-refractivity contribution in [1.82, 2.24) is 4.98 Å². The Morgan fingerprint density at radius 2 is 2.00 bits per heavy atom. The number of hydrogen-bond acceptors (Lipinski definition) is 3. The van der Waals surface area contributed by atoms with E-state index in [0.717, 1.165) is 5.56 Å². The summed E-state index contributed by atoms with van der Waals surface area (Å²) >= 11 is 11.9. The molecule has 0 fully saturated rings. The van der Waals surface area contributed by atoms with E-state index in [-0.39, 0.29) is 6.61 Å². The molecule has 18 heavy (non-hydrogen) atoms. The highest BCUT2D eigenvalue weighted by Gasteiger charge is 2.10. The molecular weight excluding hydrogens is 271 g/mol. The predicted molar refractivity (Wildman–Crippen MR) is 70.3 cm³/mol. The zero-order chi connectivity index (χ0) is 13.1. The van der Waals surface area contributed by atoms with Crippen molar-refractivity contribution in [3.8, 4) is 17.2 Å². The van der Waals surface area contributed by atoms with Crippen molar-refractivity contribution in [1.29, 1.82) is 5.26 Å². The van der Waals surface area contributed by atoms with Crippen molar-refractivity contribution in [3.05, 3.63) is 51.8 Å². The largest absolute Gasteiger partial charge is 0.392 e. The molecule has 0 saturated heterocycles. The molecule has 0 spiro atoms. The molecule has 2 aromatic rings. The van der Waals surface area contributed by atoms with Crippen molar-refractivity contribution in [3.63, 3.8) is 0 Å². The fraction of sp³-hybridized carbons (Fsp3) is 0.0769. The van der Waals surface area contributed by atoms with Crippen LogP contribution in [0.15, 0.2) is 30.6 Å². The van der Waals surface area contributed by atoms with Gasteiger partial charge in [0.05, 0.1) is 22.2 Å². The number of aromatic nitrogens is 1. The van der Waals surface area contributed by atoms with Gasteiger partial charge in [-0.05, 0) is 17.7 Å². The van der Waals surface area contributed by atoms with Crippen LogP contribution in [0.3, 0.4) is 0 Å². The molecule has 1 N–H and O–H groups in total. The monoisotopic (exact) mass is 278 g/mol. The number of halogens is 2. The van der Waals surface area contributed by atoms with Gasteiger partial charge >= 0.3 is 0 Å². The topological polar surface area (TPSA) is 56.9 Å². The van der Waals surface area contributed by atoms with Crippen LogP contribution < -0.4 is 0 Å². The third kappa shape index (κ3) is 2.32. The van der Waals surface area contributed by atoms with Crippen molar-refractivity contribution >= 4 is 23.2 Å². The molecule has 0 radical (unpaired) electrons. The zero-order valence-electron chi connectivity index (χ0n) is 9.19. The Hall–Kier alpha value is -1.60. The fourth-order valence-electron chi connectivity index (χ4n) is 1.64. The third-order valence-electron chi connectivity index (χ3n) is 2.56. The highest BCUT2D eigenvalue weighted by Crippen LogP contribution is 2.30. The highest BCUT2D eigenvalue weighted by molar-refractivity contribution is 6.32. The average molecular weight is 279 g/mol. The smallest absolute Gasteiger partial charge is 0.101 e. The van der Waals surface area contributed by atoms with E-state index in [1.807, 2.05) is 6.07 Å². The summed E-state index contributed by atoms with van der Waals surface area (Å²) in [5.74, 6) is 0. The Labute approximate surface area is 114 Å². The lowest BCUT2D eigenvalue weighted by Crippen LogP contribution is -1.93. The van der Waals surface area contributed by atoms with Crippen molar-refractivity contribution in [2.75, 3.05) is 0 Å². The van der Waals surface area contributed by atoms with Gasteiger partial charge in [0, 0.05) is 23.5 Å². The van der Waals surface area contributed by atoms with Gasteiger partial charge in [-0.3, -0.25) is 4.98 Å². The van der Waals surface area contributed by atoms with Crippen LogP contribution in [0.25, 0.3) is 11.1 Å². The number of aliphatic hydroxyl groups excluding tert-OH is 1. The van der Waals surface area contributed by atoms with Gasteiger partial charge in [0.15, 0.2) is 0 Å². The molecule has 0 atom stereocenters. The van der Waals surface area contributed by atoms with E-state index in [1.54, 1.807) is 24.4 Å². The summed E-state index contributed by atoms with van der Waals surface area (Å²) in [7, 11) is 0. The molecule has 1 aromatic heterocycles. The first-order valence-corrected chi connectivity index (χ1v) is 5.86. The van der Waals surface area contributed by atoms with Crippen LogP contribution in [0.1, 0.15) is 11.1 Å². The molecule has 0 aliphatic heterocycles. The lowest BCUT2D eigenvalue weighted by atomic mass is 10.0. The Morgan fingerprint density at radius 3 is 2.61 bits per heavy atom. The second-order valence-corrected chi connectivity index (χ2v) is 4.43. The van der Waals surface area contributed by atoms with Crippen LogP contribution in [0.2, 0.25) is 10.0 Å². The zero-order valence-corrected chi connectivity index (χ0v) is 10.7. The minimum atomic E-state index is -0.186. The van der Waals surface area contributed by atoms with Gasteiger partial charge in [-0.2, -0.15) is 5.26 Å². The van der Waals surface area contributed by atoms with E-state index < -0.39 is 0 Å². The maximum absolute atomic E-state index is 9.33. The number of benzene rings is 1. The quantitative estimate of drug-likeness (QED) is 0.916. The minimum absolute atomic E-state index is 0.186. The third-order valence-corrected chi connectivity index (χ3v) is 3.20. The summed E-state index contributed by atoms with van der Waals surface area (Å²) in [6.45, 7) is -0.186. The van der Waals surface area contributed by atoms with E-state index in [4.69, 9.17) is 28.5 Å². The number of nitrogens with zero attached hydrogens (tertiary/aromatic N) is 2. The van der Waals surface area contributed by atoms with Crippen LogP contribution in [0, 0.1) is 11.3 Å². The summed E-state index contributed by atoms with van der Waals surface area (Å²) in [5, 5.41) is 18.9. The molecule has 1 aromatic carbocycles. The number of nitriles is 1. The molecular formula is C13H8Cl2N2O. The normalized spacial score (nSPS) is 10.1. The molecule has 0 unspecified atom stereocenters. The Bertz CT molecular complexity index is 635. The number of aliphatic hydroxyl groups is 1. The van der Waals surface area contributed by atoms with Crippen molar-refractivity contribution < 1.29 is 5.11 Å². The van der Waals surface area contributed by atoms with Gasteiger partial charge in [-0.1, -0.05) is 29.3 Å². The van der Waals surface area contributed by atoms with Gasteiger partial charge in [-0.25, -0.2) is 0 Å². The minimum Gasteiger partial charge on any atom is -0.392 e. The molecule has 3 nitrogen and oxygen atoms in total. The number of rotatable bonds is 2. The van der Waals surface area contributed by atoms with Crippen LogP contribution in [-0.4, -0.2) is 10.1 Å². The van der Waals surface area contributed by atoms with E-state index in [2.05, 4.69) is 4.98 Å². The summed E-state index contributed by atoms with van der Waals surface area (Å²) in [6.07, 6.45) is 3.08. The maximum atomic E-state index is 9.33. The molecule has 1 heterocycles. The van der Waals surface area contributed by atoms with Crippen LogP contribution in [0.4, 0.5) is 0 Å². The number of pyridine rings is 1. The Morgan fingerprint density at radius 1 is 1.22 bits per heavy atom. The lowest BCUT2D eigenvalue weighted by molar-refractivity contribution is 0.282. The van der Waals surface area contributed by atoms with E-state index in [9.17, 15) is 5.11 Å². The van der Waals surface area contributed by atoms with E-state index in [1.165, 1.54) is 6.20 Å². The Kier molecular flexibility index (Phi) is 3.83. The lowest BCUT2D eigenvalue weighted by Gasteiger charge is -2.09. The molecule has 5 heteroatoms. The average Bonchev–Trinajstić information content (AvgIpc) is 2.38. The second-order valence-electron chi connectivity index (χ2n) is 3.61. The highest BCUT2D eigenvalue weighted by atomic mass is 35.5. The number of hydrogen-bond donors (Lipinski definition) is 1. The standard InChI is InChI=1S/C13H8Cl2N2O/c14-12-3-8(1-2-9(12)4-16)10-5-17-6-13(15)11(10)7-18/h1-3,5-6,18H,7H2. The Balaban J connectivity index is 2.60. The second kappa shape index (κ2) is 5.36. The van der Waals surface area contributed by atoms with Gasteiger partial charge in [-0.15, -0.1) is 0 Å². The van der Waals surface area contributed by atoms with Gasteiger partial charge in [0.1, 0.15) is 6.07 Å². The SMILES string of the molecule is N#Cc1ccc(-c2cncc(Cl)c2CO)cc1Cl. The summed E-state index contributed by atoms with van der Waals surface area (Å²) in [4.78, 5) is 3.99. The fourth-order valence-corrected chi connectivity index (χ4v) is 2.09. The summed E-state index contributed by atoms with van der Waals surface area (Å²) in [6, 6.07) is 7.02. The first kappa shape index (κ1) is 12.8. The first-order valence-electron chi connectivity index (χ1n) is 5.10. The predicted octanol–water partition coefficient (Wildman–Crippen LogP) is 3.42. The molecule has 0 bridgehead atoms. The van der Waals surface area contributed by atoms with Crippen molar-refractivity contribution in [2.24, 2.45) is 0 Å². The maximum Gasteiger partial charge on any atom is 0.101 e.